The Morgan fingerprint density at radius 2 is 2.04 bits per heavy atom. The van der Waals surface area contributed by atoms with Crippen LogP contribution >= 0.6 is 11.6 Å². The highest BCUT2D eigenvalue weighted by molar-refractivity contribution is 6.35. The highest BCUT2D eigenvalue weighted by Gasteiger charge is 2.23. The van der Waals surface area contributed by atoms with Crippen molar-refractivity contribution in [1.82, 2.24) is 19.9 Å². The van der Waals surface area contributed by atoms with E-state index in [1.54, 1.807) is 6.07 Å². The fraction of sp³-hybridized carbons (Fsp3) is 0.353. The largest absolute Gasteiger partial charge is 0.356 e. The summed E-state index contributed by atoms with van der Waals surface area (Å²) in [6.07, 6.45) is 3.73. The molecule has 0 amide bonds. The monoisotopic (exact) mass is 343 g/mol. The number of aromatic nitrogens is 4. The molecule has 1 saturated heterocycles. The van der Waals surface area contributed by atoms with Gasteiger partial charge < -0.3 is 14.9 Å². The number of rotatable bonds is 2. The van der Waals surface area contributed by atoms with Gasteiger partial charge >= 0.3 is 0 Å². The highest BCUT2D eigenvalue weighted by Crippen LogP contribution is 2.31. The molecule has 0 atom stereocenters. The molecule has 1 aliphatic heterocycles. The molecule has 3 aromatic rings. The summed E-state index contributed by atoms with van der Waals surface area (Å²) in [5.41, 5.74) is 1.62. The zero-order valence-corrected chi connectivity index (χ0v) is 14.1. The molecule has 0 saturated carbocycles. The molecule has 4 heterocycles. The minimum absolute atomic E-state index is 0.0782. The van der Waals surface area contributed by atoms with E-state index in [9.17, 15) is 4.79 Å². The molecule has 1 aliphatic rings. The summed E-state index contributed by atoms with van der Waals surface area (Å²) in [4.78, 5) is 28.8. The van der Waals surface area contributed by atoms with Crippen molar-refractivity contribution in [1.29, 1.82) is 0 Å². The summed E-state index contributed by atoms with van der Waals surface area (Å²) < 4.78 is 0. The van der Waals surface area contributed by atoms with E-state index in [1.807, 2.05) is 25.3 Å². The summed E-state index contributed by atoms with van der Waals surface area (Å²) in [7, 11) is 0. The molecule has 7 heteroatoms. The standard InChI is InChI=1S/C17H18ClN5O/c1-10-20-14(9-16(24)21-10)11-3-6-23(7-4-11)15-8-13(18)12-2-5-19-17(12)22-15/h2,5,8-9,11H,3-4,6-7H2,1H3,(H,19,22)(H,20,21,24). The number of anilines is 1. The van der Waals surface area contributed by atoms with Gasteiger partial charge in [0.15, 0.2) is 0 Å². The van der Waals surface area contributed by atoms with Crippen molar-refractivity contribution >= 4 is 28.5 Å². The number of hydrogen-bond donors (Lipinski definition) is 2. The third kappa shape index (κ3) is 2.78. The molecule has 3 aromatic heterocycles. The van der Waals surface area contributed by atoms with E-state index in [-0.39, 0.29) is 5.56 Å². The summed E-state index contributed by atoms with van der Waals surface area (Å²) in [5, 5.41) is 1.66. The smallest absolute Gasteiger partial charge is 0.251 e. The zero-order valence-electron chi connectivity index (χ0n) is 13.3. The van der Waals surface area contributed by atoms with E-state index in [4.69, 9.17) is 11.6 Å². The van der Waals surface area contributed by atoms with Crippen LogP contribution in [0, 0.1) is 6.92 Å². The molecule has 1 fully saturated rings. The first-order valence-electron chi connectivity index (χ1n) is 8.06. The van der Waals surface area contributed by atoms with Crippen LogP contribution in [0.2, 0.25) is 5.02 Å². The Kier molecular flexibility index (Phi) is 3.76. The Bertz CT molecular complexity index is 940. The topological polar surface area (TPSA) is 77.7 Å². The summed E-state index contributed by atoms with van der Waals surface area (Å²) in [6, 6.07) is 5.47. The zero-order chi connectivity index (χ0) is 16.7. The third-order valence-electron chi connectivity index (χ3n) is 4.58. The van der Waals surface area contributed by atoms with Crippen molar-refractivity contribution in [3.05, 3.63) is 51.3 Å². The van der Waals surface area contributed by atoms with Gasteiger partial charge in [-0.05, 0) is 25.8 Å². The molecule has 6 nitrogen and oxygen atoms in total. The second-order valence-electron chi connectivity index (χ2n) is 6.22. The van der Waals surface area contributed by atoms with Gasteiger partial charge in [-0.3, -0.25) is 4.79 Å². The van der Waals surface area contributed by atoms with Crippen LogP contribution in [0.5, 0.6) is 0 Å². The number of aromatic amines is 2. The van der Waals surface area contributed by atoms with Crippen LogP contribution in [0.1, 0.15) is 30.3 Å². The molecule has 0 radical (unpaired) electrons. The maximum atomic E-state index is 11.6. The number of hydrogen-bond acceptors (Lipinski definition) is 4. The Balaban J connectivity index is 1.53. The molecule has 4 rings (SSSR count). The average Bonchev–Trinajstić information content (AvgIpc) is 3.03. The number of pyridine rings is 1. The number of halogens is 1. The second-order valence-corrected chi connectivity index (χ2v) is 6.63. The molecule has 124 valence electrons. The van der Waals surface area contributed by atoms with Gasteiger partial charge in [-0.1, -0.05) is 11.6 Å². The Hall–Kier alpha value is -2.34. The highest BCUT2D eigenvalue weighted by atomic mass is 35.5. The van der Waals surface area contributed by atoms with E-state index in [0.29, 0.717) is 16.8 Å². The number of piperidine rings is 1. The predicted molar refractivity (Wildman–Crippen MR) is 94.9 cm³/mol. The Morgan fingerprint density at radius 3 is 2.79 bits per heavy atom. The lowest BCUT2D eigenvalue weighted by Crippen LogP contribution is -2.34. The quantitative estimate of drug-likeness (QED) is 0.749. The number of nitrogens with zero attached hydrogens (tertiary/aromatic N) is 3. The van der Waals surface area contributed by atoms with Gasteiger partial charge in [0.2, 0.25) is 0 Å². The average molecular weight is 344 g/mol. The number of fused-ring (bicyclic) bond motifs is 1. The van der Waals surface area contributed by atoms with E-state index in [2.05, 4.69) is 24.8 Å². The molecular weight excluding hydrogens is 326 g/mol. The third-order valence-corrected chi connectivity index (χ3v) is 4.89. The summed E-state index contributed by atoms with van der Waals surface area (Å²) in [5.74, 6) is 1.88. The van der Waals surface area contributed by atoms with E-state index < -0.39 is 0 Å². The molecule has 2 N–H and O–H groups in total. The van der Waals surface area contributed by atoms with E-state index >= 15 is 0 Å². The van der Waals surface area contributed by atoms with Gasteiger partial charge in [0.25, 0.3) is 5.56 Å². The molecule has 0 spiro atoms. The lowest BCUT2D eigenvalue weighted by Gasteiger charge is -2.32. The molecule has 0 aliphatic carbocycles. The van der Waals surface area contributed by atoms with Gasteiger partial charge in [-0.15, -0.1) is 0 Å². The van der Waals surface area contributed by atoms with Crippen molar-refractivity contribution in [2.24, 2.45) is 0 Å². The van der Waals surface area contributed by atoms with E-state index in [0.717, 1.165) is 48.5 Å². The lowest BCUT2D eigenvalue weighted by molar-refractivity contribution is 0.492. The lowest BCUT2D eigenvalue weighted by atomic mass is 9.93. The SMILES string of the molecule is Cc1nc(C2CCN(c3cc(Cl)c4cc[nH]c4n3)CC2)cc(=O)[nH]1. The molecule has 0 unspecified atom stereocenters. The number of nitrogens with one attached hydrogen (secondary N) is 2. The van der Waals surface area contributed by atoms with Gasteiger partial charge in [0.1, 0.15) is 17.3 Å². The Morgan fingerprint density at radius 1 is 1.25 bits per heavy atom. The maximum absolute atomic E-state index is 11.6. The van der Waals surface area contributed by atoms with Gasteiger partial charge in [-0.2, -0.15) is 0 Å². The van der Waals surface area contributed by atoms with Gasteiger partial charge in [0, 0.05) is 42.7 Å². The fourth-order valence-corrected chi connectivity index (χ4v) is 3.61. The Labute approximate surface area is 143 Å². The minimum Gasteiger partial charge on any atom is -0.356 e. The molecule has 0 aromatic carbocycles. The van der Waals surface area contributed by atoms with Crippen LogP contribution in [0.3, 0.4) is 0 Å². The van der Waals surface area contributed by atoms with Gasteiger partial charge in [-0.25, -0.2) is 9.97 Å². The summed E-state index contributed by atoms with van der Waals surface area (Å²) >= 11 is 6.35. The van der Waals surface area contributed by atoms with Crippen LogP contribution in [0.4, 0.5) is 5.82 Å². The van der Waals surface area contributed by atoms with Crippen molar-refractivity contribution in [3.63, 3.8) is 0 Å². The number of aryl methyl sites for hydroxylation is 1. The van der Waals surface area contributed by atoms with Crippen LogP contribution in [0.15, 0.2) is 29.2 Å². The number of H-pyrrole nitrogens is 2. The first-order chi connectivity index (χ1) is 11.6. The van der Waals surface area contributed by atoms with E-state index in [1.165, 1.54) is 0 Å². The van der Waals surface area contributed by atoms with Crippen molar-refractivity contribution in [3.8, 4) is 0 Å². The van der Waals surface area contributed by atoms with Crippen molar-refractivity contribution in [2.45, 2.75) is 25.7 Å². The molecule has 0 bridgehead atoms. The van der Waals surface area contributed by atoms with Gasteiger partial charge in [0.05, 0.1) is 10.7 Å². The second kappa shape index (κ2) is 5.94. The summed E-state index contributed by atoms with van der Waals surface area (Å²) in [6.45, 7) is 3.55. The normalized spacial score (nSPS) is 16.0. The minimum atomic E-state index is -0.0782. The predicted octanol–water partition coefficient (Wildman–Crippen LogP) is 2.99. The first-order valence-corrected chi connectivity index (χ1v) is 8.44. The van der Waals surface area contributed by atoms with Crippen LogP contribution < -0.4 is 10.5 Å². The van der Waals surface area contributed by atoms with Crippen LogP contribution in [-0.2, 0) is 0 Å². The van der Waals surface area contributed by atoms with Crippen LogP contribution in [-0.4, -0.2) is 33.0 Å². The molecular formula is C17H18ClN5O. The maximum Gasteiger partial charge on any atom is 0.251 e. The fourth-order valence-electron chi connectivity index (χ4n) is 3.36. The molecule has 24 heavy (non-hydrogen) atoms. The van der Waals surface area contributed by atoms with Crippen molar-refractivity contribution < 1.29 is 0 Å². The first kappa shape index (κ1) is 15.2. The van der Waals surface area contributed by atoms with Crippen LogP contribution in [0.25, 0.3) is 11.0 Å². The van der Waals surface area contributed by atoms with Crippen molar-refractivity contribution in [2.75, 3.05) is 18.0 Å².